The van der Waals surface area contributed by atoms with E-state index in [9.17, 15) is 0 Å². The first kappa shape index (κ1) is 11.9. The van der Waals surface area contributed by atoms with Crippen LogP contribution in [-0.4, -0.2) is 24.1 Å². The number of nitrogens with two attached hydrogens (primary N) is 1. The van der Waals surface area contributed by atoms with Gasteiger partial charge in [0.05, 0.1) is 17.4 Å². The summed E-state index contributed by atoms with van der Waals surface area (Å²) in [4.78, 5) is 6.35. The molecule has 1 fully saturated rings. The van der Waals surface area contributed by atoms with Crippen LogP contribution < -0.4 is 10.6 Å². The van der Waals surface area contributed by atoms with Crippen molar-refractivity contribution in [2.75, 3.05) is 18.0 Å². The maximum atomic E-state index is 9.10. The standard InChI is InChI=1S/C13H18N4/c1-2-10-9-17(6-4-12(10)15)13-8-16-5-3-11(13)7-14/h3,5,8,10,12H,2,4,6,9,15H2,1H3. The maximum absolute atomic E-state index is 9.10. The Kier molecular flexibility index (Phi) is 3.60. The van der Waals surface area contributed by atoms with Gasteiger partial charge in [0.15, 0.2) is 0 Å². The Morgan fingerprint density at radius 1 is 1.65 bits per heavy atom. The molecule has 1 aliphatic rings. The fraction of sp³-hybridized carbons (Fsp3) is 0.538. The largest absolute Gasteiger partial charge is 0.369 e. The minimum atomic E-state index is 0.290. The van der Waals surface area contributed by atoms with Crippen LogP contribution in [0.4, 0.5) is 5.69 Å². The summed E-state index contributed by atoms with van der Waals surface area (Å²) in [5, 5.41) is 9.10. The molecule has 2 rings (SSSR count). The molecule has 1 saturated heterocycles. The summed E-state index contributed by atoms with van der Waals surface area (Å²) >= 11 is 0. The first-order chi connectivity index (χ1) is 8.26. The molecule has 2 atom stereocenters. The second-order valence-corrected chi connectivity index (χ2v) is 4.57. The maximum Gasteiger partial charge on any atom is 0.101 e. The van der Waals surface area contributed by atoms with E-state index in [1.807, 2.05) is 0 Å². The molecular weight excluding hydrogens is 212 g/mol. The number of nitriles is 1. The zero-order valence-electron chi connectivity index (χ0n) is 10.1. The van der Waals surface area contributed by atoms with Gasteiger partial charge in [0.2, 0.25) is 0 Å². The highest BCUT2D eigenvalue weighted by Gasteiger charge is 2.26. The molecule has 4 heteroatoms. The second kappa shape index (κ2) is 5.15. The van der Waals surface area contributed by atoms with Crippen molar-refractivity contribution >= 4 is 5.69 Å². The predicted octanol–water partition coefficient (Wildman–Crippen LogP) is 1.52. The lowest BCUT2D eigenvalue weighted by molar-refractivity contribution is 0.348. The third kappa shape index (κ3) is 2.40. The number of aromatic nitrogens is 1. The molecule has 1 aliphatic heterocycles. The van der Waals surface area contributed by atoms with Crippen molar-refractivity contribution in [3.8, 4) is 6.07 Å². The summed E-state index contributed by atoms with van der Waals surface area (Å²) in [5.41, 5.74) is 7.74. The molecule has 17 heavy (non-hydrogen) atoms. The van der Waals surface area contributed by atoms with E-state index in [1.54, 1.807) is 18.5 Å². The third-order valence-corrected chi connectivity index (χ3v) is 3.58. The van der Waals surface area contributed by atoms with Crippen molar-refractivity contribution in [1.82, 2.24) is 4.98 Å². The number of rotatable bonds is 2. The molecule has 0 amide bonds. The van der Waals surface area contributed by atoms with Gasteiger partial charge in [-0.25, -0.2) is 0 Å². The Morgan fingerprint density at radius 3 is 3.18 bits per heavy atom. The van der Waals surface area contributed by atoms with Crippen LogP contribution in [0.2, 0.25) is 0 Å². The molecule has 4 nitrogen and oxygen atoms in total. The Balaban J connectivity index is 2.21. The molecule has 1 aromatic heterocycles. The molecular formula is C13H18N4. The van der Waals surface area contributed by atoms with Crippen LogP contribution in [0.15, 0.2) is 18.5 Å². The highest BCUT2D eigenvalue weighted by molar-refractivity contribution is 5.57. The zero-order valence-corrected chi connectivity index (χ0v) is 10.1. The van der Waals surface area contributed by atoms with Crippen LogP contribution in [0, 0.1) is 17.2 Å². The van der Waals surface area contributed by atoms with Crippen LogP contribution in [-0.2, 0) is 0 Å². The van der Waals surface area contributed by atoms with Crippen molar-refractivity contribution in [2.45, 2.75) is 25.8 Å². The van der Waals surface area contributed by atoms with E-state index in [0.29, 0.717) is 17.5 Å². The third-order valence-electron chi connectivity index (χ3n) is 3.58. The summed E-state index contributed by atoms with van der Waals surface area (Å²) in [7, 11) is 0. The molecule has 2 unspecified atom stereocenters. The molecule has 0 spiro atoms. The van der Waals surface area contributed by atoms with Gasteiger partial charge in [-0.1, -0.05) is 13.3 Å². The summed E-state index contributed by atoms with van der Waals surface area (Å²) in [6.45, 7) is 4.01. The SMILES string of the molecule is CCC1CN(c2cnccc2C#N)CCC1N. The number of hydrogen-bond acceptors (Lipinski definition) is 4. The molecule has 2 N–H and O–H groups in total. The normalized spacial score (nSPS) is 24.4. The number of anilines is 1. The van der Waals surface area contributed by atoms with Gasteiger partial charge in [0.25, 0.3) is 0 Å². The lowest BCUT2D eigenvalue weighted by atomic mass is 9.90. The van der Waals surface area contributed by atoms with Crippen LogP contribution in [0.1, 0.15) is 25.3 Å². The van der Waals surface area contributed by atoms with Crippen LogP contribution in [0.25, 0.3) is 0 Å². The Hall–Kier alpha value is -1.60. The lowest BCUT2D eigenvalue weighted by Crippen LogP contribution is -2.47. The summed E-state index contributed by atoms with van der Waals surface area (Å²) in [6, 6.07) is 4.28. The van der Waals surface area contributed by atoms with Crippen molar-refractivity contribution in [2.24, 2.45) is 11.7 Å². The van der Waals surface area contributed by atoms with Crippen LogP contribution >= 0.6 is 0 Å². The van der Waals surface area contributed by atoms with Gasteiger partial charge in [-0.3, -0.25) is 4.98 Å². The van der Waals surface area contributed by atoms with E-state index in [1.165, 1.54) is 0 Å². The van der Waals surface area contributed by atoms with Gasteiger partial charge in [0, 0.05) is 25.3 Å². The Labute approximate surface area is 102 Å². The smallest absolute Gasteiger partial charge is 0.101 e. The van der Waals surface area contributed by atoms with E-state index < -0.39 is 0 Å². The number of piperidine rings is 1. The molecule has 0 radical (unpaired) electrons. The number of nitrogens with zero attached hydrogens (tertiary/aromatic N) is 3. The fourth-order valence-electron chi connectivity index (χ4n) is 2.43. The van der Waals surface area contributed by atoms with Gasteiger partial charge in [-0.05, 0) is 18.4 Å². The van der Waals surface area contributed by atoms with E-state index in [-0.39, 0.29) is 0 Å². The molecule has 2 heterocycles. The molecule has 0 saturated carbocycles. The van der Waals surface area contributed by atoms with Gasteiger partial charge in [-0.15, -0.1) is 0 Å². The van der Waals surface area contributed by atoms with Crippen molar-refractivity contribution in [3.05, 3.63) is 24.0 Å². The van der Waals surface area contributed by atoms with E-state index in [2.05, 4.69) is 22.9 Å². The molecule has 90 valence electrons. The number of pyridine rings is 1. The van der Waals surface area contributed by atoms with Crippen molar-refractivity contribution < 1.29 is 0 Å². The topological polar surface area (TPSA) is 65.9 Å². The summed E-state index contributed by atoms with van der Waals surface area (Å²) in [6.07, 6.45) is 5.51. The fourth-order valence-corrected chi connectivity index (χ4v) is 2.43. The average molecular weight is 230 g/mol. The van der Waals surface area contributed by atoms with Gasteiger partial charge < -0.3 is 10.6 Å². The molecule has 0 aliphatic carbocycles. The highest BCUT2D eigenvalue weighted by atomic mass is 15.2. The monoisotopic (exact) mass is 230 g/mol. The lowest BCUT2D eigenvalue weighted by Gasteiger charge is -2.38. The van der Waals surface area contributed by atoms with E-state index >= 15 is 0 Å². The number of hydrogen-bond donors (Lipinski definition) is 1. The molecule has 0 aromatic carbocycles. The summed E-state index contributed by atoms with van der Waals surface area (Å²) in [5.74, 6) is 0.510. The van der Waals surface area contributed by atoms with Gasteiger partial charge in [-0.2, -0.15) is 5.26 Å². The van der Waals surface area contributed by atoms with Crippen molar-refractivity contribution in [1.29, 1.82) is 5.26 Å². The minimum Gasteiger partial charge on any atom is -0.369 e. The first-order valence-corrected chi connectivity index (χ1v) is 6.11. The van der Waals surface area contributed by atoms with Gasteiger partial charge >= 0.3 is 0 Å². The van der Waals surface area contributed by atoms with Crippen LogP contribution in [0.5, 0.6) is 0 Å². The Morgan fingerprint density at radius 2 is 2.47 bits per heavy atom. The van der Waals surface area contributed by atoms with Gasteiger partial charge in [0.1, 0.15) is 6.07 Å². The highest BCUT2D eigenvalue weighted by Crippen LogP contribution is 2.26. The minimum absolute atomic E-state index is 0.290. The second-order valence-electron chi connectivity index (χ2n) is 4.57. The van der Waals surface area contributed by atoms with Crippen LogP contribution in [0.3, 0.4) is 0 Å². The zero-order chi connectivity index (χ0) is 12.3. The first-order valence-electron chi connectivity index (χ1n) is 6.11. The molecule has 1 aromatic rings. The summed E-state index contributed by atoms with van der Waals surface area (Å²) < 4.78 is 0. The quantitative estimate of drug-likeness (QED) is 0.836. The van der Waals surface area contributed by atoms with Crippen molar-refractivity contribution in [3.63, 3.8) is 0 Å². The average Bonchev–Trinajstić information content (AvgIpc) is 2.39. The van der Waals surface area contributed by atoms with E-state index in [0.717, 1.165) is 31.6 Å². The predicted molar refractivity (Wildman–Crippen MR) is 67.5 cm³/mol. The molecule has 0 bridgehead atoms. The van der Waals surface area contributed by atoms with E-state index in [4.69, 9.17) is 11.0 Å². The Bertz CT molecular complexity index is 424.